The highest BCUT2D eigenvalue weighted by Crippen LogP contribution is 2.33. The Labute approximate surface area is 163 Å². The summed E-state index contributed by atoms with van der Waals surface area (Å²) in [5.74, 6) is 0.894. The van der Waals surface area contributed by atoms with E-state index in [0.29, 0.717) is 6.61 Å². The average Bonchev–Trinajstić information content (AvgIpc) is 3.41. The summed E-state index contributed by atoms with van der Waals surface area (Å²) in [6.45, 7) is 1.67. The number of unbranched alkanes of at least 4 members (excludes halogenated alkanes) is 1. The normalized spacial score (nSPS) is 10.8. The summed E-state index contributed by atoms with van der Waals surface area (Å²) >= 11 is 1.66. The Morgan fingerprint density at radius 1 is 0.963 bits per heavy atom. The summed E-state index contributed by atoms with van der Waals surface area (Å²) < 4.78 is 8.16. The third kappa shape index (κ3) is 4.44. The smallest absolute Gasteiger partial charge is 0.128 e. The maximum atomic E-state index is 6.07. The molecule has 0 amide bonds. The second kappa shape index (κ2) is 8.64. The van der Waals surface area contributed by atoms with Crippen LogP contribution < -0.4 is 4.74 Å². The van der Waals surface area contributed by atoms with E-state index in [-0.39, 0.29) is 0 Å². The quantitative estimate of drug-likeness (QED) is 0.380. The molecule has 0 aliphatic rings. The number of imidazole rings is 1. The van der Waals surface area contributed by atoms with Gasteiger partial charge in [0.05, 0.1) is 18.6 Å². The van der Waals surface area contributed by atoms with E-state index in [9.17, 15) is 0 Å². The zero-order valence-corrected chi connectivity index (χ0v) is 15.8. The number of hydrogen-bond donors (Lipinski definition) is 0. The van der Waals surface area contributed by atoms with Gasteiger partial charge in [0.25, 0.3) is 0 Å². The van der Waals surface area contributed by atoms with Crippen LogP contribution in [0.3, 0.4) is 0 Å². The Bertz CT molecular complexity index is 964. The Morgan fingerprint density at radius 3 is 2.67 bits per heavy atom. The fourth-order valence-electron chi connectivity index (χ4n) is 2.91. The molecular formula is C22H21N3OS. The molecule has 4 rings (SSSR count). The minimum Gasteiger partial charge on any atom is -0.493 e. The van der Waals surface area contributed by atoms with Crippen LogP contribution in [-0.2, 0) is 6.54 Å². The van der Waals surface area contributed by atoms with Crippen molar-refractivity contribution in [3.8, 4) is 27.6 Å². The SMILES string of the molecule is c1ccc(-c2nc(-c3ccccc3OCCCCn3ccnc3)cs2)cc1. The van der Waals surface area contributed by atoms with E-state index in [1.165, 1.54) is 0 Å². The molecule has 4 aromatic rings. The number of benzene rings is 2. The second-order valence-corrected chi connectivity index (χ2v) is 7.11. The van der Waals surface area contributed by atoms with Crippen LogP contribution in [0.1, 0.15) is 12.8 Å². The van der Waals surface area contributed by atoms with Crippen molar-refractivity contribution < 1.29 is 4.74 Å². The van der Waals surface area contributed by atoms with Gasteiger partial charge in [0.15, 0.2) is 0 Å². The van der Waals surface area contributed by atoms with Crippen LogP contribution in [-0.4, -0.2) is 21.1 Å². The molecule has 27 heavy (non-hydrogen) atoms. The Kier molecular flexibility index (Phi) is 5.60. The Morgan fingerprint density at radius 2 is 1.81 bits per heavy atom. The van der Waals surface area contributed by atoms with Crippen molar-refractivity contribution in [2.75, 3.05) is 6.61 Å². The monoisotopic (exact) mass is 375 g/mol. The maximum absolute atomic E-state index is 6.07. The van der Waals surface area contributed by atoms with E-state index in [4.69, 9.17) is 9.72 Å². The molecule has 4 nitrogen and oxygen atoms in total. The molecule has 0 saturated carbocycles. The minimum atomic E-state index is 0.696. The van der Waals surface area contributed by atoms with Crippen LogP contribution in [0.5, 0.6) is 5.75 Å². The molecule has 0 aliphatic heterocycles. The Hall–Kier alpha value is -2.92. The molecule has 2 aromatic heterocycles. The van der Waals surface area contributed by atoms with Crippen LogP contribution in [0.25, 0.3) is 21.8 Å². The van der Waals surface area contributed by atoms with Crippen molar-refractivity contribution in [1.29, 1.82) is 0 Å². The molecule has 0 bridgehead atoms. The second-order valence-electron chi connectivity index (χ2n) is 6.26. The van der Waals surface area contributed by atoms with Crippen molar-refractivity contribution in [2.45, 2.75) is 19.4 Å². The lowest BCUT2D eigenvalue weighted by Crippen LogP contribution is -2.01. The number of thiazole rings is 1. The van der Waals surface area contributed by atoms with Gasteiger partial charge < -0.3 is 9.30 Å². The predicted octanol–water partition coefficient (Wildman–Crippen LogP) is 5.53. The lowest BCUT2D eigenvalue weighted by atomic mass is 10.1. The fraction of sp³-hybridized carbons (Fsp3) is 0.182. The van der Waals surface area contributed by atoms with Crippen molar-refractivity contribution >= 4 is 11.3 Å². The highest BCUT2D eigenvalue weighted by Gasteiger charge is 2.11. The van der Waals surface area contributed by atoms with Gasteiger partial charge in [-0.2, -0.15) is 0 Å². The molecule has 5 heteroatoms. The average molecular weight is 375 g/mol. The fourth-order valence-corrected chi connectivity index (χ4v) is 3.74. The largest absolute Gasteiger partial charge is 0.493 e. The van der Waals surface area contributed by atoms with Crippen LogP contribution in [0.2, 0.25) is 0 Å². The van der Waals surface area contributed by atoms with Crippen LogP contribution >= 0.6 is 11.3 Å². The summed E-state index contributed by atoms with van der Waals surface area (Å²) in [7, 11) is 0. The first-order chi connectivity index (χ1) is 13.4. The van der Waals surface area contributed by atoms with Gasteiger partial charge in [0.2, 0.25) is 0 Å². The van der Waals surface area contributed by atoms with E-state index < -0.39 is 0 Å². The van der Waals surface area contributed by atoms with Gasteiger partial charge in [-0.3, -0.25) is 0 Å². The van der Waals surface area contributed by atoms with Crippen molar-refractivity contribution in [1.82, 2.24) is 14.5 Å². The zero-order chi connectivity index (χ0) is 18.3. The summed E-state index contributed by atoms with van der Waals surface area (Å²) in [4.78, 5) is 8.88. The summed E-state index contributed by atoms with van der Waals surface area (Å²) in [6.07, 6.45) is 7.71. The highest BCUT2D eigenvalue weighted by atomic mass is 32.1. The van der Waals surface area contributed by atoms with Crippen molar-refractivity contribution in [2.24, 2.45) is 0 Å². The standard InChI is InChI=1S/C22H21N3OS/c1-2-8-18(9-3-1)22-24-20(16-27-22)19-10-4-5-11-21(19)26-15-7-6-13-25-14-12-23-17-25/h1-5,8-12,14,16-17H,6-7,13,15H2. The summed E-state index contributed by atoms with van der Waals surface area (Å²) in [6, 6.07) is 18.4. The molecule has 0 spiro atoms. The Balaban J connectivity index is 1.40. The zero-order valence-electron chi connectivity index (χ0n) is 15.0. The third-order valence-electron chi connectivity index (χ3n) is 4.32. The number of hydrogen-bond acceptors (Lipinski definition) is 4. The van der Waals surface area contributed by atoms with Gasteiger partial charge in [-0.1, -0.05) is 42.5 Å². The summed E-state index contributed by atoms with van der Waals surface area (Å²) in [5, 5.41) is 3.13. The number of aryl methyl sites for hydroxylation is 1. The molecule has 0 fully saturated rings. The maximum Gasteiger partial charge on any atom is 0.128 e. The molecule has 2 aromatic carbocycles. The van der Waals surface area contributed by atoms with Gasteiger partial charge in [-0.05, 0) is 25.0 Å². The lowest BCUT2D eigenvalue weighted by molar-refractivity contribution is 0.304. The van der Waals surface area contributed by atoms with Crippen molar-refractivity contribution in [3.63, 3.8) is 0 Å². The van der Waals surface area contributed by atoms with Crippen LogP contribution in [0, 0.1) is 0 Å². The molecule has 0 unspecified atom stereocenters. The van der Waals surface area contributed by atoms with Crippen LogP contribution in [0.15, 0.2) is 78.7 Å². The molecule has 0 N–H and O–H groups in total. The first-order valence-corrected chi connectivity index (χ1v) is 9.97. The first-order valence-electron chi connectivity index (χ1n) is 9.09. The number of para-hydroxylation sites is 1. The number of aromatic nitrogens is 3. The van der Waals surface area contributed by atoms with Gasteiger partial charge in [0, 0.05) is 35.4 Å². The molecule has 0 aliphatic carbocycles. The van der Waals surface area contributed by atoms with E-state index in [1.807, 2.05) is 55.1 Å². The van der Waals surface area contributed by atoms with Crippen molar-refractivity contribution in [3.05, 3.63) is 78.7 Å². The molecular weight excluding hydrogens is 354 g/mol. The molecule has 0 radical (unpaired) electrons. The van der Waals surface area contributed by atoms with E-state index >= 15 is 0 Å². The predicted molar refractivity (Wildman–Crippen MR) is 110 cm³/mol. The van der Waals surface area contributed by atoms with E-state index in [0.717, 1.165) is 47.0 Å². The lowest BCUT2D eigenvalue weighted by Gasteiger charge is -2.10. The third-order valence-corrected chi connectivity index (χ3v) is 5.21. The van der Waals surface area contributed by atoms with Gasteiger partial charge in [-0.15, -0.1) is 11.3 Å². The molecule has 0 atom stereocenters. The number of nitrogens with zero attached hydrogens (tertiary/aromatic N) is 3. The minimum absolute atomic E-state index is 0.696. The number of rotatable bonds is 8. The molecule has 136 valence electrons. The summed E-state index contributed by atoms with van der Waals surface area (Å²) in [5.41, 5.74) is 3.16. The molecule has 2 heterocycles. The van der Waals surface area contributed by atoms with E-state index in [1.54, 1.807) is 11.3 Å². The molecule has 0 saturated heterocycles. The van der Waals surface area contributed by atoms with Gasteiger partial charge >= 0.3 is 0 Å². The van der Waals surface area contributed by atoms with Gasteiger partial charge in [0.1, 0.15) is 10.8 Å². The van der Waals surface area contributed by atoms with E-state index in [2.05, 4.69) is 33.1 Å². The first kappa shape index (κ1) is 17.5. The van der Waals surface area contributed by atoms with Crippen LogP contribution in [0.4, 0.5) is 0 Å². The number of ether oxygens (including phenoxy) is 1. The highest BCUT2D eigenvalue weighted by molar-refractivity contribution is 7.13. The topological polar surface area (TPSA) is 39.9 Å². The van der Waals surface area contributed by atoms with Gasteiger partial charge in [-0.25, -0.2) is 9.97 Å².